The number of aliphatic imine (C=N–C) groups is 1. The van der Waals surface area contributed by atoms with Gasteiger partial charge in [0.15, 0.2) is 5.82 Å². The first-order valence-corrected chi connectivity index (χ1v) is 14.8. The van der Waals surface area contributed by atoms with E-state index < -0.39 is 0 Å². The summed E-state index contributed by atoms with van der Waals surface area (Å²) in [7, 11) is 3.74. The molecule has 7 nitrogen and oxygen atoms in total. The Labute approximate surface area is 231 Å². The summed E-state index contributed by atoms with van der Waals surface area (Å²) in [5.41, 5.74) is 3.86. The van der Waals surface area contributed by atoms with E-state index in [1.54, 1.807) is 18.4 Å². The maximum Gasteiger partial charge on any atom is 0.226 e. The molecule has 1 unspecified atom stereocenters. The molecule has 0 saturated heterocycles. The van der Waals surface area contributed by atoms with Crippen LogP contribution in [0.2, 0.25) is 5.02 Å². The number of aryl methyl sites for hydroxylation is 1. The third-order valence-corrected chi connectivity index (χ3v) is 10.5. The number of benzene rings is 1. The van der Waals surface area contributed by atoms with Gasteiger partial charge in [-0.3, -0.25) is 14.4 Å². The van der Waals surface area contributed by atoms with E-state index in [0.29, 0.717) is 11.4 Å². The SMILES string of the molecule is CO[C@@H]1CCCCC1N(C)C(=O)[C@@H]1Cc2sc3c(c2C1)C(c1ccccc1Cl)=NC1(CC1)c1nnc(C)n1-3. The second-order valence-corrected chi connectivity index (χ2v) is 12.7. The van der Waals surface area contributed by atoms with Gasteiger partial charge in [-0.2, -0.15) is 0 Å². The molecular weight excluding hydrogens is 518 g/mol. The smallest absolute Gasteiger partial charge is 0.226 e. The van der Waals surface area contributed by atoms with E-state index in [9.17, 15) is 4.79 Å². The summed E-state index contributed by atoms with van der Waals surface area (Å²) in [4.78, 5) is 22.5. The first-order chi connectivity index (χ1) is 18.4. The van der Waals surface area contributed by atoms with Crippen molar-refractivity contribution in [3.05, 3.63) is 62.5 Å². The fourth-order valence-corrected chi connectivity index (χ4v) is 8.46. The van der Waals surface area contributed by atoms with Crippen LogP contribution in [0.4, 0.5) is 0 Å². The predicted molar refractivity (Wildman–Crippen MR) is 149 cm³/mol. The van der Waals surface area contributed by atoms with E-state index >= 15 is 0 Å². The van der Waals surface area contributed by atoms with Gasteiger partial charge in [0.2, 0.25) is 5.91 Å². The monoisotopic (exact) mass is 549 g/mol. The van der Waals surface area contributed by atoms with Gasteiger partial charge < -0.3 is 9.64 Å². The van der Waals surface area contributed by atoms with Gasteiger partial charge in [-0.15, -0.1) is 21.5 Å². The van der Waals surface area contributed by atoms with Gasteiger partial charge in [0.25, 0.3) is 0 Å². The normalized spacial score (nSPS) is 24.8. The number of nitrogens with zero attached hydrogens (tertiary/aromatic N) is 5. The Balaban J connectivity index is 1.30. The zero-order valence-corrected chi connectivity index (χ0v) is 23.6. The molecule has 4 aliphatic rings. The van der Waals surface area contributed by atoms with E-state index in [0.717, 1.165) is 72.0 Å². The predicted octanol–water partition coefficient (Wildman–Crippen LogP) is 5.26. The van der Waals surface area contributed by atoms with Crippen molar-refractivity contribution in [2.75, 3.05) is 14.2 Å². The largest absolute Gasteiger partial charge is 0.379 e. The number of carbonyl (C=O) groups is 1. The van der Waals surface area contributed by atoms with Crippen LogP contribution in [0.15, 0.2) is 29.3 Å². The van der Waals surface area contributed by atoms with E-state index in [2.05, 4.69) is 20.8 Å². The van der Waals surface area contributed by atoms with Gasteiger partial charge in [-0.05, 0) is 57.1 Å². The van der Waals surface area contributed by atoms with Crippen LogP contribution in [0.3, 0.4) is 0 Å². The molecule has 0 radical (unpaired) electrons. The van der Waals surface area contributed by atoms with Crippen molar-refractivity contribution in [1.82, 2.24) is 19.7 Å². The molecule has 0 bridgehead atoms. The lowest BCUT2D eigenvalue weighted by Gasteiger charge is -2.38. The number of hydrogen-bond donors (Lipinski definition) is 0. The summed E-state index contributed by atoms with van der Waals surface area (Å²) >= 11 is 8.54. The molecule has 3 heterocycles. The van der Waals surface area contributed by atoms with Crippen molar-refractivity contribution in [1.29, 1.82) is 0 Å². The van der Waals surface area contributed by atoms with E-state index in [-0.39, 0.29) is 29.5 Å². The molecule has 7 rings (SSSR count). The Hall–Kier alpha value is -2.55. The van der Waals surface area contributed by atoms with Crippen LogP contribution in [-0.4, -0.2) is 57.6 Å². The number of aromatic nitrogens is 3. The van der Waals surface area contributed by atoms with Crippen LogP contribution in [0, 0.1) is 12.8 Å². The van der Waals surface area contributed by atoms with Crippen molar-refractivity contribution in [3.8, 4) is 5.00 Å². The number of hydrogen-bond acceptors (Lipinski definition) is 6. The molecule has 1 aromatic carbocycles. The van der Waals surface area contributed by atoms with Gasteiger partial charge in [-0.1, -0.05) is 42.6 Å². The molecule has 1 aliphatic heterocycles. The Kier molecular flexibility index (Phi) is 5.80. The molecule has 0 N–H and O–H groups in total. The van der Waals surface area contributed by atoms with E-state index in [1.807, 2.05) is 37.1 Å². The highest BCUT2D eigenvalue weighted by atomic mass is 35.5. The highest BCUT2D eigenvalue weighted by Gasteiger charge is 2.52. The summed E-state index contributed by atoms with van der Waals surface area (Å²) < 4.78 is 7.99. The van der Waals surface area contributed by atoms with Crippen LogP contribution in [0.1, 0.15) is 71.7 Å². The number of methoxy groups -OCH3 is 1. The number of carbonyl (C=O) groups excluding carboxylic acids is 1. The Morgan fingerprint density at radius 2 is 1.97 bits per heavy atom. The minimum absolute atomic E-state index is 0.0712. The minimum atomic E-state index is -0.356. The first kappa shape index (κ1) is 24.5. The van der Waals surface area contributed by atoms with Crippen molar-refractivity contribution < 1.29 is 9.53 Å². The molecule has 3 aromatic rings. The molecule has 1 spiro atoms. The second-order valence-electron chi connectivity index (χ2n) is 11.2. The third-order valence-electron chi connectivity index (χ3n) is 8.98. The minimum Gasteiger partial charge on any atom is -0.379 e. The average molecular weight is 550 g/mol. The Morgan fingerprint density at radius 1 is 1.18 bits per heavy atom. The standard InChI is InChI=1S/C29H32ClN5O2S/c1-16-32-33-28-29(12-13-29)31-25(18-8-4-5-9-20(18)30)24-19-14-17(15-23(19)38-27(24)35(16)28)26(36)34(2)21-10-6-7-11-22(21)37-3/h4-5,8-9,17,21-22H,6-7,10-15H2,1-3H3/t17-,21?,22+/m0/s1. The average Bonchev–Trinajstić information content (AvgIpc) is 3.27. The van der Waals surface area contributed by atoms with E-state index in [4.69, 9.17) is 21.3 Å². The molecule has 198 valence electrons. The summed E-state index contributed by atoms with van der Waals surface area (Å²) in [6, 6.07) is 8.11. The van der Waals surface area contributed by atoms with Crippen LogP contribution in [0.25, 0.3) is 5.00 Å². The van der Waals surface area contributed by atoms with Crippen LogP contribution >= 0.6 is 22.9 Å². The highest BCUT2D eigenvalue weighted by Crippen LogP contribution is 2.54. The third kappa shape index (κ3) is 3.63. The lowest BCUT2D eigenvalue weighted by atomic mass is 9.90. The first-order valence-electron chi connectivity index (χ1n) is 13.6. The van der Waals surface area contributed by atoms with Crippen molar-refractivity contribution in [2.45, 2.75) is 76.0 Å². The van der Waals surface area contributed by atoms with Crippen LogP contribution in [-0.2, 0) is 27.9 Å². The van der Waals surface area contributed by atoms with E-state index in [1.165, 1.54) is 16.9 Å². The molecule has 1 amide bonds. The fourth-order valence-electron chi connectivity index (χ4n) is 6.77. The van der Waals surface area contributed by atoms with Crippen LogP contribution in [0.5, 0.6) is 0 Å². The summed E-state index contributed by atoms with van der Waals surface area (Å²) in [6.07, 6.45) is 7.81. The molecule has 2 aromatic heterocycles. The number of thiophene rings is 1. The number of rotatable bonds is 4. The molecule has 3 atom stereocenters. The molecule has 2 saturated carbocycles. The lowest BCUT2D eigenvalue weighted by molar-refractivity contribution is -0.140. The zero-order valence-electron chi connectivity index (χ0n) is 22.0. The zero-order chi connectivity index (χ0) is 26.2. The van der Waals surface area contributed by atoms with Gasteiger partial charge in [0, 0.05) is 41.1 Å². The maximum absolute atomic E-state index is 13.8. The molecule has 38 heavy (non-hydrogen) atoms. The van der Waals surface area contributed by atoms with Gasteiger partial charge in [-0.25, -0.2) is 0 Å². The topological polar surface area (TPSA) is 72.6 Å². The van der Waals surface area contributed by atoms with Crippen molar-refractivity contribution in [3.63, 3.8) is 0 Å². The summed E-state index contributed by atoms with van der Waals surface area (Å²) in [5.74, 6) is 1.95. The number of likely N-dealkylation sites (N-methyl/N-ethyl adjacent to an activating group) is 1. The van der Waals surface area contributed by atoms with Crippen LogP contribution < -0.4 is 0 Å². The molecule has 3 aliphatic carbocycles. The Bertz CT molecular complexity index is 1470. The number of fused-ring (bicyclic) bond motifs is 6. The van der Waals surface area contributed by atoms with Crippen molar-refractivity contribution >= 4 is 34.6 Å². The fraction of sp³-hybridized carbons (Fsp3) is 0.517. The highest BCUT2D eigenvalue weighted by molar-refractivity contribution is 7.15. The lowest BCUT2D eigenvalue weighted by Crippen LogP contribution is -2.49. The second kappa shape index (κ2) is 9.00. The summed E-state index contributed by atoms with van der Waals surface area (Å²) in [6.45, 7) is 2.01. The number of amides is 1. The van der Waals surface area contributed by atoms with Gasteiger partial charge >= 0.3 is 0 Å². The van der Waals surface area contributed by atoms with Gasteiger partial charge in [0.05, 0.1) is 17.9 Å². The molecule has 2 fully saturated rings. The Morgan fingerprint density at radius 3 is 2.74 bits per heavy atom. The quantitative estimate of drug-likeness (QED) is 0.445. The van der Waals surface area contributed by atoms with Gasteiger partial charge in [0.1, 0.15) is 16.4 Å². The summed E-state index contributed by atoms with van der Waals surface area (Å²) in [5, 5.41) is 10.9. The van der Waals surface area contributed by atoms with Crippen molar-refractivity contribution in [2.24, 2.45) is 10.9 Å². The number of ether oxygens (including phenoxy) is 1. The number of halogens is 1. The molecular formula is C29H32ClN5O2S. The molecule has 9 heteroatoms. The maximum atomic E-state index is 13.8.